The maximum atomic E-state index is 13.2. The summed E-state index contributed by atoms with van der Waals surface area (Å²) in [6.07, 6.45) is -0.984. The predicted octanol–water partition coefficient (Wildman–Crippen LogP) is 2.83. The van der Waals surface area contributed by atoms with Gasteiger partial charge in [-0.1, -0.05) is 41.6 Å². The molecule has 0 aliphatic carbocycles. The first kappa shape index (κ1) is 22.2. The second kappa shape index (κ2) is 8.85. The Bertz CT molecular complexity index is 1220. The van der Waals surface area contributed by atoms with E-state index in [-0.39, 0.29) is 24.5 Å². The molecule has 2 unspecified atom stereocenters. The molecule has 0 saturated carbocycles. The molecule has 32 heavy (non-hydrogen) atoms. The molecule has 2 atom stereocenters. The molecule has 0 spiro atoms. The summed E-state index contributed by atoms with van der Waals surface area (Å²) < 4.78 is 38.0. The molecule has 1 aromatic heterocycles. The minimum Gasteiger partial charge on any atom is -0.458 e. The summed E-state index contributed by atoms with van der Waals surface area (Å²) in [6.45, 7) is 3.37. The van der Waals surface area contributed by atoms with Crippen LogP contribution in [0.1, 0.15) is 23.2 Å². The van der Waals surface area contributed by atoms with Gasteiger partial charge in [0.15, 0.2) is 5.76 Å². The lowest BCUT2D eigenvalue weighted by molar-refractivity contribution is -0.149. The van der Waals surface area contributed by atoms with Gasteiger partial charge in [-0.2, -0.15) is 4.31 Å². The van der Waals surface area contributed by atoms with E-state index in [2.05, 4.69) is 5.16 Å². The highest BCUT2D eigenvalue weighted by Crippen LogP contribution is 2.28. The van der Waals surface area contributed by atoms with Crippen molar-refractivity contribution in [3.63, 3.8) is 0 Å². The Hall–Kier alpha value is -3.01. The van der Waals surface area contributed by atoms with E-state index >= 15 is 0 Å². The number of ether oxygens (including phenoxy) is 1. The SMILES string of the molecule is Cc1ccc(S(=O)(=O)N2CC(O)CC2C(=O)OCc2cc(-c3ccccc3)on2)cc1C. The Kier molecular flexibility index (Phi) is 6.14. The molecule has 1 aliphatic rings. The molecular formula is C23H24N2O6S. The number of carbonyl (C=O) groups is 1. The number of aryl methyl sites for hydroxylation is 2. The van der Waals surface area contributed by atoms with Crippen LogP contribution >= 0.6 is 0 Å². The van der Waals surface area contributed by atoms with Crippen molar-refractivity contribution < 1.29 is 27.6 Å². The van der Waals surface area contributed by atoms with Crippen LogP contribution in [-0.4, -0.2) is 47.6 Å². The van der Waals surface area contributed by atoms with Gasteiger partial charge in [0.25, 0.3) is 0 Å². The van der Waals surface area contributed by atoms with E-state index in [1.165, 1.54) is 6.07 Å². The molecule has 3 aromatic rings. The maximum Gasteiger partial charge on any atom is 0.324 e. The molecule has 4 rings (SSSR count). The lowest BCUT2D eigenvalue weighted by atomic mass is 10.1. The highest BCUT2D eigenvalue weighted by atomic mass is 32.2. The van der Waals surface area contributed by atoms with Crippen LogP contribution in [0, 0.1) is 13.8 Å². The van der Waals surface area contributed by atoms with Crippen molar-refractivity contribution in [2.75, 3.05) is 6.54 Å². The van der Waals surface area contributed by atoms with Gasteiger partial charge in [-0.15, -0.1) is 0 Å². The summed E-state index contributed by atoms with van der Waals surface area (Å²) in [5, 5.41) is 14.0. The first-order valence-corrected chi connectivity index (χ1v) is 11.6. The number of carbonyl (C=O) groups excluding carboxylic acids is 1. The molecule has 168 valence electrons. The fraction of sp³-hybridized carbons (Fsp3) is 0.304. The number of aliphatic hydroxyl groups excluding tert-OH is 1. The van der Waals surface area contributed by atoms with Crippen LogP contribution in [0.5, 0.6) is 0 Å². The molecule has 8 nitrogen and oxygen atoms in total. The lowest BCUT2D eigenvalue weighted by Crippen LogP contribution is -2.41. The number of hydrogen-bond donors (Lipinski definition) is 1. The summed E-state index contributed by atoms with van der Waals surface area (Å²) in [5.74, 6) is -0.204. The predicted molar refractivity (Wildman–Crippen MR) is 116 cm³/mol. The Morgan fingerprint density at radius 3 is 2.62 bits per heavy atom. The van der Waals surface area contributed by atoms with Crippen LogP contribution in [0.4, 0.5) is 0 Å². The van der Waals surface area contributed by atoms with Gasteiger partial charge < -0.3 is 14.4 Å². The fourth-order valence-corrected chi connectivity index (χ4v) is 5.35. The largest absolute Gasteiger partial charge is 0.458 e. The quantitative estimate of drug-likeness (QED) is 0.568. The molecule has 0 radical (unpaired) electrons. The van der Waals surface area contributed by atoms with Gasteiger partial charge in [0.2, 0.25) is 10.0 Å². The van der Waals surface area contributed by atoms with Gasteiger partial charge in [0, 0.05) is 24.6 Å². The minimum absolute atomic E-state index is 0.0308. The summed E-state index contributed by atoms with van der Waals surface area (Å²) in [5.41, 5.74) is 3.02. The zero-order valence-electron chi connectivity index (χ0n) is 17.8. The zero-order valence-corrected chi connectivity index (χ0v) is 18.6. The monoisotopic (exact) mass is 456 g/mol. The summed E-state index contributed by atoms with van der Waals surface area (Å²) in [4.78, 5) is 12.8. The molecule has 1 fully saturated rings. The number of benzene rings is 2. The molecule has 0 amide bonds. The molecule has 1 N–H and O–H groups in total. The standard InChI is InChI=1S/C23H24N2O6S/c1-15-8-9-20(10-16(15)2)32(28,29)25-13-19(26)12-21(25)23(27)30-14-18-11-22(31-24-18)17-6-4-3-5-7-17/h3-11,19,21,26H,12-14H2,1-2H3. The average molecular weight is 457 g/mol. The van der Waals surface area contributed by atoms with Crippen LogP contribution in [0.2, 0.25) is 0 Å². The topological polar surface area (TPSA) is 110 Å². The molecule has 1 saturated heterocycles. The number of rotatable bonds is 6. The Labute approximate surface area is 186 Å². The van der Waals surface area contributed by atoms with Gasteiger partial charge >= 0.3 is 5.97 Å². The highest BCUT2D eigenvalue weighted by Gasteiger charge is 2.44. The number of sulfonamides is 1. The Morgan fingerprint density at radius 1 is 1.16 bits per heavy atom. The number of esters is 1. The first-order valence-electron chi connectivity index (χ1n) is 10.2. The molecule has 2 heterocycles. The van der Waals surface area contributed by atoms with E-state index in [4.69, 9.17) is 9.26 Å². The van der Waals surface area contributed by atoms with Crippen molar-refractivity contribution >= 4 is 16.0 Å². The average Bonchev–Trinajstić information content (AvgIpc) is 3.41. The zero-order chi connectivity index (χ0) is 22.9. The van der Waals surface area contributed by atoms with Gasteiger partial charge in [-0.25, -0.2) is 8.42 Å². The third kappa shape index (κ3) is 4.45. The van der Waals surface area contributed by atoms with Gasteiger partial charge in [0.1, 0.15) is 18.3 Å². The number of aromatic nitrogens is 1. The second-order valence-corrected chi connectivity index (χ2v) is 9.77. The number of aliphatic hydroxyl groups is 1. The van der Waals surface area contributed by atoms with Crippen LogP contribution in [0.25, 0.3) is 11.3 Å². The fourth-order valence-electron chi connectivity index (χ4n) is 3.63. The van der Waals surface area contributed by atoms with Gasteiger partial charge in [0.05, 0.1) is 11.0 Å². The van der Waals surface area contributed by atoms with Crippen LogP contribution in [0.15, 0.2) is 64.0 Å². The van der Waals surface area contributed by atoms with Crippen molar-refractivity contribution in [3.05, 3.63) is 71.4 Å². The number of nitrogens with zero attached hydrogens (tertiary/aromatic N) is 2. The molecular weight excluding hydrogens is 432 g/mol. The first-order chi connectivity index (χ1) is 15.3. The highest BCUT2D eigenvalue weighted by molar-refractivity contribution is 7.89. The Morgan fingerprint density at radius 2 is 1.91 bits per heavy atom. The van der Waals surface area contributed by atoms with Crippen molar-refractivity contribution in [2.24, 2.45) is 0 Å². The van der Waals surface area contributed by atoms with Gasteiger partial charge in [-0.3, -0.25) is 4.79 Å². The minimum atomic E-state index is -3.98. The summed E-state index contributed by atoms with van der Waals surface area (Å²) in [6, 6.07) is 14.7. The number of hydrogen-bond acceptors (Lipinski definition) is 7. The van der Waals surface area contributed by atoms with E-state index in [9.17, 15) is 18.3 Å². The van der Waals surface area contributed by atoms with Crippen LogP contribution in [-0.2, 0) is 26.2 Å². The van der Waals surface area contributed by atoms with Crippen molar-refractivity contribution in [3.8, 4) is 11.3 Å². The second-order valence-electron chi connectivity index (χ2n) is 7.88. The molecule has 1 aliphatic heterocycles. The van der Waals surface area contributed by atoms with Crippen LogP contribution < -0.4 is 0 Å². The molecule has 0 bridgehead atoms. The Balaban J connectivity index is 1.48. The normalized spacial score (nSPS) is 19.2. The van der Waals surface area contributed by atoms with Crippen molar-refractivity contribution in [2.45, 2.75) is 43.9 Å². The van der Waals surface area contributed by atoms with E-state index < -0.39 is 28.1 Å². The third-order valence-electron chi connectivity index (χ3n) is 5.57. The summed E-state index contributed by atoms with van der Waals surface area (Å²) in [7, 11) is -3.98. The van der Waals surface area contributed by atoms with E-state index in [1.807, 2.05) is 44.2 Å². The lowest BCUT2D eigenvalue weighted by Gasteiger charge is -2.22. The summed E-state index contributed by atoms with van der Waals surface area (Å²) >= 11 is 0. The maximum absolute atomic E-state index is 13.2. The number of β-amino-alcohol motifs (C(OH)–C–C–N with tert-alkyl or cyclic N) is 1. The molecule has 2 aromatic carbocycles. The van der Waals surface area contributed by atoms with E-state index in [1.54, 1.807) is 18.2 Å². The third-order valence-corrected chi connectivity index (χ3v) is 7.44. The molecule has 9 heteroatoms. The van der Waals surface area contributed by atoms with E-state index in [0.717, 1.165) is 21.0 Å². The van der Waals surface area contributed by atoms with Crippen molar-refractivity contribution in [1.82, 2.24) is 9.46 Å². The van der Waals surface area contributed by atoms with Crippen LogP contribution in [0.3, 0.4) is 0 Å². The van der Waals surface area contributed by atoms with Gasteiger partial charge in [-0.05, 0) is 37.1 Å². The van der Waals surface area contributed by atoms with Crippen molar-refractivity contribution in [1.29, 1.82) is 0 Å². The van der Waals surface area contributed by atoms with E-state index in [0.29, 0.717) is 11.5 Å². The smallest absolute Gasteiger partial charge is 0.324 e.